The summed E-state index contributed by atoms with van der Waals surface area (Å²) >= 11 is 0. The fourth-order valence-electron chi connectivity index (χ4n) is 4.07. The lowest BCUT2D eigenvalue weighted by atomic mass is 9.91. The van der Waals surface area contributed by atoms with Gasteiger partial charge in [-0.3, -0.25) is 0 Å². The Morgan fingerprint density at radius 1 is 0.645 bits per heavy atom. The van der Waals surface area contributed by atoms with Crippen LogP contribution in [-0.4, -0.2) is 11.9 Å². The zero-order valence-electron chi connectivity index (χ0n) is 17.5. The summed E-state index contributed by atoms with van der Waals surface area (Å²) in [5.41, 5.74) is 1.94. The molecular formula is C27H26O4. The first-order valence-electron chi connectivity index (χ1n) is 10.9. The fourth-order valence-corrected chi connectivity index (χ4v) is 4.07. The van der Waals surface area contributed by atoms with Crippen molar-refractivity contribution in [3.05, 3.63) is 95.6 Å². The number of carbonyl (C=O) groups excluding carboxylic acids is 2. The third-order valence-corrected chi connectivity index (χ3v) is 5.71. The molecule has 0 spiro atoms. The zero-order valence-corrected chi connectivity index (χ0v) is 17.5. The summed E-state index contributed by atoms with van der Waals surface area (Å²) in [6.45, 7) is 0. The Kier molecular flexibility index (Phi) is 6.78. The second-order valence-corrected chi connectivity index (χ2v) is 7.90. The van der Waals surface area contributed by atoms with E-state index in [1.165, 1.54) is 12.8 Å². The van der Waals surface area contributed by atoms with Crippen molar-refractivity contribution in [1.29, 1.82) is 0 Å². The molecule has 0 amide bonds. The minimum atomic E-state index is -0.401. The maximum atomic E-state index is 12.7. The predicted molar refractivity (Wildman–Crippen MR) is 120 cm³/mol. The van der Waals surface area contributed by atoms with Gasteiger partial charge in [0.05, 0.1) is 11.1 Å². The highest BCUT2D eigenvalue weighted by atomic mass is 16.5. The number of rotatable bonds is 5. The molecule has 1 saturated carbocycles. The van der Waals surface area contributed by atoms with E-state index in [1.807, 2.05) is 30.3 Å². The summed E-state index contributed by atoms with van der Waals surface area (Å²) in [6, 6.07) is 23.2. The molecule has 0 atom stereocenters. The number of ether oxygens (including phenoxy) is 2. The van der Waals surface area contributed by atoms with Crippen LogP contribution in [0.2, 0.25) is 0 Å². The maximum Gasteiger partial charge on any atom is 0.343 e. The van der Waals surface area contributed by atoms with Crippen molar-refractivity contribution in [3.63, 3.8) is 0 Å². The Bertz CT molecular complexity index is 1020. The first kappa shape index (κ1) is 20.9. The SMILES string of the molecule is O=C(Oc1ccc(OC(=O)c2ccccc2)c(C2CCCCCC2)c1)c1ccccc1. The molecule has 31 heavy (non-hydrogen) atoms. The van der Waals surface area contributed by atoms with Gasteiger partial charge < -0.3 is 9.47 Å². The predicted octanol–water partition coefficient (Wildman–Crippen LogP) is 6.56. The van der Waals surface area contributed by atoms with E-state index in [0.29, 0.717) is 22.6 Å². The van der Waals surface area contributed by atoms with E-state index in [0.717, 1.165) is 31.2 Å². The lowest BCUT2D eigenvalue weighted by molar-refractivity contribution is 0.0717. The molecule has 3 aromatic rings. The molecule has 158 valence electrons. The van der Waals surface area contributed by atoms with Gasteiger partial charge in [0.1, 0.15) is 11.5 Å². The summed E-state index contributed by atoms with van der Waals surface area (Å²) in [6.07, 6.45) is 6.80. The highest BCUT2D eigenvalue weighted by molar-refractivity contribution is 5.92. The van der Waals surface area contributed by atoms with Gasteiger partial charge >= 0.3 is 11.9 Å². The molecule has 1 aliphatic rings. The molecule has 3 aromatic carbocycles. The second-order valence-electron chi connectivity index (χ2n) is 7.90. The Hall–Kier alpha value is -3.40. The molecule has 0 aliphatic heterocycles. The molecular weight excluding hydrogens is 388 g/mol. The second kappa shape index (κ2) is 10.1. The largest absolute Gasteiger partial charge is 0.423 e. The van der Waals surface area contributed by atoms with Crippen LogP contribution in [0.15, 0.2) is 78.9 Å². The van der Waals surface area contributed by atoms with E-state index in [9.17, 15) is 9.59 Å². The Labute approximate surface area is 182 Å². The molecule has 4 heteroatoms. The van der Waals surface area contributed by atoms with Gasteiger partial charge in [-0.25, -0.2) is 9.59 Å². The van der Waals surface area contributed by atoms with E-state index >= 15 is 0 Å². The lowest BCUT2D eigenvalue weighted by Gasteiger charge is -2.19. The Morgan fingerprint density at radius 3 is 1.77 bits per heavy atom. The summed E-state index contributed by atoms with van der Waals surface area (Å²) in [7, 11) is 0. The number of hydrogen-bond donors (Lipinski definition) is 0. The zero-order chi connectivity index (χ0) is 21.5. The van der Waals surface area contributed by atoms with Gasteiger partial charge in [0.15, 0.2) is 0 Å². The van der Waals surface area contributed by atoms with Gasteiger partial charge in [0.2, 0.25) is 0 Å². The Balaban J connectivity index is 1.61. The van der Waals surface area contributed by atoms with E-state index in [-0.39, 0.29) is 11.9 Å². The van der Waals surface area contributed by atoms with Crippen molar-refractivity contribution in [2.45, 2.75) is 44.4 Å². The topological polar surface area (TPSA) is 52.6 Å². The van der Waals surface area contributed by atoms with Crippen LogP contribution in [0.1, 0.15) is 70.7 Å². The van der Waals surface area contributed by atoms with Crippen LogP contribution in [0.5, 0.6) is 11.5 Å². The van der Waals surface area contributed by atoms with Crippen molar-refractivity contribution in [1.82, 2.24) is 0 Å². The van der Waals surface area contributed by atoms with Crippen LogP contribution in [0.4, 0.5) is 0 Å². The Morgan fingerprint density at radius 2 is 1.19 bits per heavy atom. The normalized spacial score (nSPS) is 14.5. The first-order chi connectivity index (χ1) is 15.2. The van der Waals surface area contributed by atoms with Crippen LogP contribution in [0.3, 0.4) is 0 Å². The van der Waals surface area contributed by atoms with Gasteiger partial charge in [0, 0.05) is 5.56 Å². The molecule has 0 radical (unpaired) electrons. The fraction of sp³-hybridized carbons (Fsp3) is 0.259. The van der Waals surface area contributed by atoms with Gasteiger partial charge in [0.25, 0.3) is 0 Å². The summed E-state index contributed by atoms with van der Waals surface area (Å²) in [5, 5.41) is 0. The maximum absolute atomic E-state index is 12.7. The molecule has 4 rings (SSSR count). The van der Waals surface area contributed by atoms with Crippen molar-refractivity contribution in [2.75, 3.05) is 0 Å². The van der Waals surface area contributed by atoms with Crippen LogP contribution in [0.25, 0.3) is 0 Å². The molecule has 1 aliphatic carbocycles. The van der Waals surface area contributed by atoms with E-state index in [1.54, 1.807) is 48.5 Å². The van der Waals surface area contributed by atoms with Crippen LogP contribution >= 0.6 is 0 Å². The average molecular weight is 415 g/mol. The highest BCUT2D eigenvalue weighted by Crippen LogP contribution is 2.39. The third kappa shape index (κ3) is 5.40. The van der Waals surface area contributed by atoms with E-state index in [4.69, 9.17) is 9.47 Å². The molecule has 0 N–H and O–H groups in total. The van der Waals surface area contributed by atoms with Crippen LogP contribution in [0, 0.1) is 0 Å². The molecule has 0 aromatic heterocycles. The standard InChI is InChI=1S/C27H26O4/c28-26(21-13-7-3-8-14-21)30-23-17-18-25(31-27(29)22-15-9-4-10-16-22)24(19-23)20-11-5-1-2-6-12-20/h3-4,7-10,13-20H,1-2,5-6,11-12H2. The van der Waals surface area contributed by atoms with Crippen molar-refractivity contribution >= 4 is 11.9 Å². The average Bonchev–Trinajstić information content (AvgIpc) is 3.11. The van der Waals surface area contributed by atoms with Gasteiger partial charge in [-0.1, -0.05) is 62.1 Å². The van der Waals surface area contributed by atoms with E-state index in [2.05, 4.69) is 0 Å². The number of benzene rings is 3. The summed E-state index contributed by atoms with van der Waals surface area (Å²) in [4.78, 5) is 25.2. The van der Waals surface area contributed by atoms with Gasteiger partial charge in [-0.15, -0.1) is 0 Å². The minimum absolute atomic E-state index is 0.274. The molecule has 1 fully saturated rings. The van der Waals surface area contributed by atoms with Gasteiger partial charge in [-0.2, -0.15) is 0 Å². The first-order valence-corrected chi connectivity index (χ1v) is 10.9. The summed E-state index contributed by atoms with van der Waals surface area (Å²) in [5.74, 6) is 0.496. The van der Waals surface area contributed by atoms with Crippen molar-refractivity contribution in [3.8, 4) is 11.5 Å². The van der Waals surface area contributed by atoms with Crippen molar-refractivity contribution in [2.24, 2.45) is 0 Å². The number of esters is 2. The quantitative estimate of drug-likeness (QED) is 0.269. The van der Waals surface area contributed by atoms with Crippen LogP contribution in [-0.2, 0) is 0 Å². The summed E-state index contributed by atoms with van der Waals surface area (Å²) < 4.78 is 11.4. The molecule has 0 bridgehead atoms. The number of carbonyl (C=O) groups is 2. The smallest absolute Gasteiger partial charge is 0.343 e. The minimum Gasteiger partial charge on any atom is -0.423 e. The number of hydrogen-bond acceptors (Lipinski definition) is 4. The van der Waals surface area contributed by atoms with Crippen molar-refractivity contribution < 1.29 is 19.1 Å². The van der Waals surface area contributed by atoms with Gasteiger partial charge in [-0.05, 0) is 61.2 Å². The molecule has 4 nitrogen and oxygen atoms in total. The third-order valence-electron chi connectivity index (χ3n) is 5.71. The van der Waals surface area contributed by atoms with E-state index < -0.39 is 5.97 Å². The molecule has 0 saturated heterocycles. The molecule has 0 unspecified atom stereocenters. The highest BCUT2D eigenvalue weighted by Gasteiger charge is 2.22. The monoisotopic (exact) mass is 414 g/mol. The molecule has 0 heterocycles. The van der Waals surface area contributed by atoms with Crippen LogP contribution < -0.4 is 9.47 Å². The lowest BCUT2D eigenvalue weighted by Crippen LogP contribution is -2.12.